The van der Waals surface area contributed by atoms with Crippen LogP contribution in [-0.2, 0) is 21.8 Å². The van der Waals surface area contributed by atoms with Gasteiger partial charge < -0.3 is 14.6 Å². The van der Waals surface area contributed by atoms with Crippen molar-refractivity contribution in [1.82, 2.24) is 14.2 Å². The van der Waals surface area contributed by atoms with Gasteiger partial charge in [0, 0.05) is 50.8 Å². The number of aryl methyl sites for hydroxylation is 1. The topological polar surface area (TPSA) is 80.6 Å². The fourth-order valence-corrected chi connectivity index (χ4v) is 4.52. The summed E-state index contributed by atoms with van der Waals surface area (Å²) in [6.07, 6.45) is 0.746. The Labute approximate surface area is 161 Å². The van der Waals surface area contributed by atoms with Gasteiger partial charge >= 0.3 is 0 Å². The van der Waals surface area contributed by atoms with Gasteiger partial charge in [-0.2, -0.15) is 4.31 Å². The summed E-state index contributed by atoms with van der Waals surface area (Å²) in [6.45, 7) is 8.20. The van der Waals surface area contributed by atoms with Gasteiger partial charge in [-0.05, 0) is 37.6 Å². The number of hydrogen-bond donors (Lipinski definition) is 1. The fraction of sp³-hybridized carbons (Fsp3) is 0.526. The quantitative estimate of drug-likeness (QED) is 0.626. The first-order valence-corrected chi connectivity index (χ1v) is 10.8. The maximum atomic E-state index is 12.7. The molecule has 1 N–H and O–H groups in total. The zero-order valence-electron chi connectivity index (χ0n) is 16.5. The van der Waals surface area contributed by atoms with E-state index in [4.69, 9.17) is 4.74 Å². The predicted octanol–water partition coefficient (Wildman–Crippen LogP) is 2.37. The Morgan fingerprint density at radius 2 is 1.89 bits per heavy atom. The number of amides is 1. The third-order valence-electron chi connectivity index (χ3n) is 4.54. The van der Waals surface area contributed by atoms with E-state index in [0.717, 1.165) is 17.3 Å². The molecule has 0 aliphatic rings. The molecule has 0 saturated heterocycles. The van der Waals surface area contributed by atoms with Crippen LogP contribution in [-0.4, -0.2) is 56.0 Å². The van der Waals surface area contributed by atoms with E-state index in [0.29, 0.717) is 38.5 Å². The molecular formula is C19H29N3O4S. The number of nitrogens with zero attached hydrogens (tertiary/aromatic N) is 2. The second-order valence-electron chi connectivity index (χ2n) is 6.20. The standard InChI is InChI=1S/C19H29N3O4S/c1-5-22(6-2)27(24,25)16-9-10-17-15(13-16)14-18(21(17)4)19(23)20-11-8-12-26-7-3/h9-10,13-14H,5-8,11-12H2,1-4H3,(H,20,23). The monoisotopic (exact) mass is 395 g/mol. The van der Waals surface area contributed by atoms with Crippen LogP contribution in [0.15, 0.2) is 29.2 Å². The van der Waals surface area contributed by atoms with Crippen molar-refractivity contribution in [2.24, 2.45) is 7.05 Å². The summed E-state index contributed by atoms with van der Waals surface area (Å²) in [5, 5.41) is 3.60. The van der Waals surface area contributed by atoms with E-state index in [1.807, 2.05) is 20.8 Å². The summed E-state index contributed by atoms with van der Waals surface area (Å²) in [6, 6.07) is 6.71. The van der Waals surface area contributed by atoms with Crippen molar-refractivity contribution in [1.29, 1.82) is 0 Å². The van der Waals surface area contributed by atoms with E-state index in [9.17, 15) is 13.2 Å². The number of aromatic nitrogens is 1. The molecular weight excluding hydrogens is 366 g/mol. The molecule has 0 radical (unpaired) electrons. The number of sulfonamides is 1. The van der Waals surface area contributed by atoms with Crippen molar-refractivity contribution in [2.75, 3.05) is 32.8 Å². The molecule has 0 fully saturated rings. The average Bonchev–Trinajstić information content (AvgIpc) is 2.98. The van der Waals surface area contributed by atoms with Crippen LogP contribution < -0.4 is 5.32 Å². The van der Waals surface area contributed by atoms with E-state index < -0.39 is 10.0 Å². The van der Waals surface area contributed by atoms with Gasteiger partial charge in [0.25, 0.3) is 5.91 Å². The highest BCUT2D eigenvalue weighted by Crippen LogP contribution is 2.24. The molecule has 0 spiro atoms. The van der Waals surface area contributed by atoms with Gasteiger partial charge in [-0.25, -0.2) is 8.42 Å². The van der Waals surface area contributed by atoms with Crippen molar-refractivity contribution in [3.05, 3.63) is 30.0 Å². The molecule has 1 aromatic heterocycles. The van der Waals surface area contributed by atoms with Crippen molar-refractivity contribution in [2.45, 2.75) is 32.1 Å². The van der Waals surface area contributed by atoms with Crippen LogP contribution in [0.5, 0.6) is 0 Å². The van der Waals surface area contributed by atoms with Crippen molar-refractivity contribution in [3.8, 4) is 0 Å². The Hall–Kier alpha value is -1.90. The first-order valence-electron chi connectivity index (χ1n) is 9.32. The fourth-order valence-electron chi connectivity index (χ4n) is 3.03. The lowest BCUT2D eigenvalue weighted by atomic mass is 10.2. The smallest absolute Gasteiger partial charge is 0.267 e. The number of benzene rings is 1. The summed E-state index contributed by atoms with van der Waals surface area (Å²) in [4.78, 5) is 12.7. The first kappa shape index (κ1) is 21.4. The maximum absolute atomic E-state index is 12.7. The Kier molecular flexibility index (Phi) is 7.41. The van der Waals surface area contributed by atoms with Crippen LogP contribution in [0.4, 0.5) is 0 Å². The minimum atomic E-state index is -3.53. The molecule has 0 saturated carbocycles. The van der Waals surface area contributed by atoms with Crippen LogP contribution in [0, 0.1) is 0 Å². The van der Waals surface area contributed by atoms with E-state index in [2.05, 4.69) is 5.32 Å². The molecule has 150 valence electrons. The number of hydrogen-bond acceptors (Lipinski definition) is 4. The predicted molar refractivity (Wildman–Crippen MR) is 106 cm³/mol. The van der Waals surface area contributed by atoms with Crippen LogP contribution in [0.1, 0.15) is 37.7 Å². The molecule has 0 aliphatic heterocycles. The molecule has 27 heavy (non-hydrogen) atoms. The molecule has 0 bridgehead atoms. The molecule has 1 amide bonds. The maximum Gasteiger partial charge on any atom is 0.267 e. The van der Waals surface area contributed by atoms with Crippen LogP contribution in [0.2, 0.25) is 0 Å². The molecule has 8 heteroatoms. The summed E-state index contributed by atoms with van der Waals surface area (Å²) >= 11 is 0. The van der Waals surface area contributed by atoms with Crippen LogP contribution >= 0.6 is 0 Å². The van der Waals surface area contributed by atoms with Gasteiger partial charge in [0.15, 0.2) is 0 Å². The van der Waals surface area contributed by atoms with Gasteiger partial charge in [-0.15, -0.1) is 0 Å². The molecule has 0 atom stereocenters. The Morgan fingerprint density at radius 1 is 1.19 bits per heavy atom. The zero-order valence-corrected chi connectivity index (χ0v) is 17.3. The summed E-state index contributed by atoms with van der Waals surface area (Å²) in [5.41, 5.74) is 1.31. The third-order valence-corrected chi connectivity index (χ3v) is 6.59. The Morgan fingerprint density at radius 3 is 2.52 bits per heavy atom. The van der Waals surface area contributed by atoms with E-state index >= 15 is 0 Å². The second-order valence-corrected chi connectivity index (χ2v) is 8.14. The molecule has 1 aromatic carbocycles. The summed E-state index contributed by atoms with van der Waals surface area (Å²) in [7, 11) is -1.73. The largest absolute Gasteiger partial charge is 0.382 e. The van der Waals surface area contributed by atoms with Gasteiger partial charge in [0.2, 0.25) is 10.0 Å². The lowest BCUT2D eigenvalue weighted by molar-refractivity contribution is 0.0936. The minimum absolute atomic E-state index is 0.182. The number of ether oxygens (including phenoxy) is 1. The highest BCUT2D eigenvalue weighted by molar-refractivity contribution is 7.89. The lowest BCUT2D eigenvalue weighted by Crippen LogP contribution is -2.30. The highest BCUT2D eigenvalue weighted by atomic mass is 32.2. The van der Waals surface area contributed by atoms with Gasteiger partial charge in [-0.1, -0.05) is 13.8 Å². The molecule has 2 rings (SSSR count). The number of rotatable bonds is 10. The Balaban J connectivity index is 2.25. The highest BCUT2D eigenvalue weighted by Gasteiger charge is 2.23. The van der Waals surface area contributed by atoms with E-state index in [1.165, 1.54) is 4.31 Å². The number of nitrogens with one attached hydrogen (secondary N) is 1. The van der Waals surface area contributed by atoms with E-state index in [1.54, 1.807) is 35.9 Å². The third kappa shape index (κ3) is 4.69. The lowest BCUT2D eigenvalue weighted by Gasteiger charge is -2.18. The van der Waals surface area contributed by atoms with Crippen molar-refractivity contribution in [3.63, 3.8) is 0 Å². The molecule has 2 aromatic rings. The van der Waals surface area contributed by atoms with Gasteiger partial charge in [0.05, 0.1) is 4.90 Å². The molecule has 1 heterocycles. The normalized spacial score (nSPS) is 12.0. The second kappa shape index (κ2) is 9.34. The number of carbonyl (C=O) groups excluding carboxylic acids is 1. The number of carbonyl (C=O) groups is 1. The summed E-state index contributed by atoms with van der Waals surface area (Å²) in [5.74, 6) is -0.182. The SMILES string of the molecule is CCOCCCNC(=O)c1cc2cc(S(=O)(=O)N(CC)CC)ccc2n1C. The van der Waals surface area contributed by atoms with Crippen LogP contribution in [0.3, 0.4) is 0 Å². The van der Waals surface area contributed by atoms with Gasteiger partial charge in [-0.3, -0.25) is 4.79 Å². The molecule has 0 aliphatic carbocycles. The van der Waals surface area contributed by atoms with Crippen molar-refractivity contribution >= 4 is 26.8 Å². The first-order chi connectivity index (χ1) is 12.9. The summed E-state index contributed by atoms with van der Waals surface area (Å²) < 4.78 is 33.9. The molecule has 0 unspecified atom stereocenters. The molecule has 7 nitrogen and oxygen atoms in total. The average molecular weight is 396 g/mol. The Bertz CT molecular complexity index is 886. The van der Waals surface area contributed by atoms with Gasteiger partial charge in [0.1, 0.15) is 5.69 Å². The number of fused-ring (bicyclic) bond motifs is 1. The minimum Gasteiger partial charge on any atom is -0.382 e. The zero-order chi connectivity index (χ0) is 20.0. The van der Waals surface area contributed by atoms with E-state index in [-0.39, 0.29) is 10.8 Å². The van der Waals surface area contributed by atoms with Crippen LogP contribution in [0.25, 0.3) is 10.9 Å². The van der Waals surface area contributed by atoms with Crippen molar-refractivity contribution < 1.29 is 17.9 Å².